The van der Waals surface area contributed by atoms with Crippen LogP contribution in [-0.2, 0) is 26.3 Å². The van der Waals surface area contributed by atoms with Gasteiger partial charge in [-0.25, -0.2) is 0 Å². The molecule has 1 N–H and O–H groups in total. The maximum absolute atomic E-state index is 13.3. The summed E-state index contributed by atoms with van der Waals surface area (Å²) in [6.07, 6.45) is -0.163. The van der Waals surface area contributed by atoms with Crippen molar-refractivity contribution < 1.29 is 23.9 Å². The van der Waals surface area contributed by atoms with Crippen LogP contribution in [0.5, 0.6) is 11.5 Å². The van der Waals surface area contributed by atoms with Crippen molar-refractivity contribution in [3.8, 4) is 11.5 Å². The van der Waals surface area contributed by atoms with Crippen molar-refractivity contribution in [1.29, 1.82) is 0 Å². The van der Waals surface area contributed by atoms with Crippen molar-refractivity contribution in [2.75, 3.05) is 19.1 Å². The van der Waals surface area contributed by atoms with Gasteiger partial charge in [-0.2, -0.15) is 0 Å². The second kappa shape index (κ2) is 6.12. The monoisotopic (exact) mass is 366 g/mol. The zero-order valence-electron chi connectivity index (χ0n) is 14.9. The van der Waals surface area contributed by atoms with Gasteiger partial charge in [0.05, 0.1) is 27.2 Å². The van der Waals surface area contributed by atoms with Crippen LogP contribution in [0.2, 0.25) is 0 Å². The maximum Gasteiger partial charge on any atom is 0.248 e. The summed E-state index contributed by atoms with van der Waals surface area (Å²) in [5.41, 5.74) is 0.558. The van der Waals surface area contributed by atoms with Crippen LogP contribution in [0.1, 0.15) is 17.5 Å². The average molecular weight is 366 g/mol. The molecule has 1 saturated heterocycles. The molecule has 138 valence electrons. The molecule has 3 amide bonds. The third-order valence-corrected chi connectivity index (χ3v) is 5.12. The molecule has 0 aliphatic carbocycles. The maximum atomic E-state index is 13.3. The Labute approximate surface area is 155 Å². The standard InChI is InChI=1S/C20H18N2O5/c1-26-15-8-7-12(9-16(15)27-2)11-22-14-6-4-3-5-13(14)20(19(22)25)10-17(23)21-18(20)24/h3-9H,10-11H2,1-2H3,(H,21,23,24). The van der Waals surface area contributed by atoms with Gasteiger partial charge < -0.3 is 14.4 Å². The first-order valence-electron chi connectivity index (χ1n) is 8.48. The molecule has 2 aromatic rings. The Morgan fingerprint density at radius 1 is 1.04 bits per heavy atom. The molecule has 7 nitrogen and oxygen atoms in total. The summed E-state index contributed by atoms with van der Waals surface area (Å²) < 4.78 is 10.6. The lowest BCUT2D eigenvalue weighted by Crippen LogP contribution is -2.45. The van der Waals surface area contributed by atoms with Crippen molar-refractivity contribution in [3.05, 3.63) is 53.6 Å². The van der Waals surface area contributed by atoms with Crippen LogP contribution < -0.4 is 19.7 Å². The van der Waals surface area contributed by atoms with Crippen LogP contribution >= 0.6 is 0 Å². The highest BCUT2D eigenvalue weighted by Crippen LogP contribution is 2.47. The normalized spacial score (nSPS) is 20.8. The summed E-state index contributed by atoms with van der Waals surface area (Å²) in [5, 5.41) is 2.28. The van der Waals surface area contributed by atoms with Gasteiger partial charge in [-0.05, 0) is 23.8 Å². The zero-order valence-corrected chi connectivity index (χ0v) is 14.9. The van der Waals surface area contributed by atoms with Crippen molar-refractivity contribution >= 4 is 23.4 Å². The molecule has 1 fully saturated rings. The van der Waals surface area contributed by atoms with Crippen LogP contribution in [0.25, 0.3) is 0 Å². The second-order valence-corrected chi connectivity index (χ2v) is 6.56. The third-order valence-electron chi connectivity index (χ3n) is 5.12. The zero-order chi connectivity index (χ0) is 19.2. The number of fused-ring (bicyclic) bond motifs is 2. The number of nitrogens with zero attached hydrogens (tertiary/aromatic N) is 1. The number of methoxy groups -OCH3 is 2. The molecule has 2 heterocycles. The molecule has 0 aromatic heterocycles. The van der Waals surface area contributed by atoms with Crippen molar-refractivity contribution in [2.24, 2.45) is 0 Å². The molecule has 27 heavy (non-hydrogen) atoms. The predicted octanol–water partition coefficient (Wildman–Crippen LogP) is 1.53. The predicted molar refractivity (Wildman–Crippen MR) is 96.6 cm³/mol. The molecular formula is C20H18N2O5. The highest BCUT2D eigenvalue weighted by molar-refractivity contribution is 6.28. The number of benzene rings is 2. The Hall–Kier alpha value is -3.35. The Balaban J connectivity index is 1.76. The quantitative estimate of drug-likeness (QED) is 0.655. The number of carbonyl (C=O) groups excluding carboxylic acids is 3. The number of rotatable bonds is 4. The van der Waals surface area contributed by atoms with E-state index in [1.165, 1.54) is 0 Å². The number of amides is 3. The van der Waals surface area contributed by atoms with Gasteiger partial charge in [0.2, 0.25) is 17.7 Å². The van der Waals surface area contributed by atoms with Gasteiger partial charge in [0.25, 0.3) is 0 Å². The molecular weight excluding hydrogens is 348 g/mol. The minimum atomic E-state index is -1.47. The fourth-order valence-corrected chi connectivity index (χ4v) is 3.83. The van der Waals surface area contributed by atoms with Crippen LogP contribution in [0.3, 0.4) is 0 Å². The van der Waals surface area contributed by atoms with Crippen molar-refractivity contribution in [1.82, 2.24) is 5.32 Å². The lowest BCUT2D eigenvalue weighted by atomic mass is 9.80. The Kier molecular flexibility index (Phi) is 3.87. The fourth-order valence-electron chi connectivity index (χ4n) is 3.83. The van der Waals surface area contributed by atoms with E-state index in [2.05, 4.69) is 5.32 Å². The van der Waals surface area contributed by atoms with E-state index < -0.39 is 17.2 Å². The van der Waals surface area contributed by atoms with Crippen molar-refractivity contribution in [2.45, 2.75) is 18.4 Å². The molecule has 2 aliphatic heterocycles. The largest absolute Gasteiger partial charge is 0.493 e. The van der Waals surface area contributed by atoms with Gasteiger partial charge >= 0.3 is 0 Å². The molecule has 1 atom stereocenters. The summed E-state index contributed by atoms with van der Waals surface area (Å²) in [7, 11) is 3.10. The van der Waals surface area contributed by atoms with E-state index in [1.807, 2.05) is 6.07 Å². The SMILES string of the molecule is COc1ccc(CN2C(=O)C3(CC(=O)NC3=O)c3ccccc32)cc1OC. The molecule has 4 rings (SSSR count). The van der Waals surface area contributed by atoms with E-state index in [4.69, 9.17) is 9.47 Å². The molecule has 0 radical (unpaired) electrons. The first-order chi connectivity index (χ1) is 13.0. The van der Waals surface area contributed by atoms with Crippen LogP contribution in [-0.4, -0.2) is 31.9 Å². The number of carbonyl (C=O) groups is 3. The Bertz CT molecular complexity index is 971. The number of imide groups is 1. The number of nitrogens with one attached hydrogen (secondary N) is 1. The van der Waals surface area contributed by atoms with Gasteiger partial charge in [-0.3, -0.25) is 19.7 Å². The fraction of sp³-hybridized carbons (Fsp3) is 0.250. The molecule has 0 saturated carbocycles. The lowest BCUT2D eigenvalue weighted by Gasteiger charge is -2.21. The van der Waals surface area contributed by atoms with Gasteiger partial charge in [-0.15, -0.1) is 0 Å². The second-order valence-electron chi connectivity index (χ2n) is 6.56. The van der Waals surface area contributed by atoms with Gasteiger partial charge in [0, 0.05) is 11.3 Å². The Morgan fingerprint density at radius 2 is 1.78 bits per heavy atom. The van der Waals surface area contributed by atoms with E-state index in [0.29, 0.717) is 22.7 Å². The first kappa shape index (κ1) is 17.1. The van der Waals surface area contributed by atoms with Crippen LogP contribution in [0.15, 0.2) is 42.5 Å². The van der Waals surface area contributed by atoms with E-state index in [1.54, 1.807) is 55.5 Å². The lowest BCUT2D eigenvalue weighted by molar-refractivity contribution is -0.133. The van der Waals surface area contributed by atoms with E-state index in [0.717, 1.165) is 5.56 Å². The summed E-state index contributed by atoms with van der Waals surface area (Å²) in [4.78, 5) is 39.2. The third kappa shape index (κ3) is 2.38. The molecule has 2 aromatic carbocycles. The first-order valence-corrected chi connectivity index (χ1v) is 8.48. The van der Waals surface area contributed by atoms with Crippen LogP contribution in [0, 0.1) is 0 Å². The van der Waals surface area contributed by atoms with Crippen molar-refractivity contribution in [3.63, 3.8) is 0 Å². The minimum Gasteiger partial charge on any atom is -0.493 e. The number of para-hydroxylation sites is 1. The molecule has 1 unspecified atom stereocenters. The smallest absolute Gasteiger partial charge is 0.248 e. The summed E-state index contributed by atoms with van der Waals surface area (Å²) in [6.45, 7) is 0.249. The molecule has 0 bridgehead atoms. The average Bonchev–Trinajstić information content (AvgIpc) is 3.11. The molecule has 7 heteroatoms. The topological polar surface area (TPSA) is 84.9 Å². The molecule has 2 aliphatic rings. The van der Waals surface area contributed by atoms with Gasteiger partial charge in [-0.1, -0.05) is 24.3 Å². The summed E-state index contributed by atoms with van der Waals surface area (Å²) in [6, 6.07) is 12.5. The highest BCUT2D eigenvalue weighted by atomic mass is 16.5. The summed E-state index contributed by atoms with van der Waals surface area (Å²) in [5.74, 6) is -0.234. The number of hydrogen-bond acceptors (Lipinski definition) is 5. The van der Waals surface area contributed by atoms with Crippen LogP contribution in [0.4, 0.5) is 5.69 Å². The number of anilines is 1. The molecule has 1 spiro atoms. The highest BCUT2D eigenvalue weighted by Gasteiger charge is 2.60. The van der Waals surface area contributed by atoms with E-state index in [9.17, 15) is 14.4 Å². The van der Waals surface area contributed by atoms with E-state index in [-0.39, 0.29) is 18.9 Å². The van der Waals surface area contributed by atoms with Gasteiger partial charge in [0.15, 0.2) is 16.9 Å². The minimum absolute atomic E-state index is 0.163. The Morgan fingerprint density at radius 3 is 2.44 bits per heavy atom. The van der Waals surface area contributed by atoms with Gasteiger partial charge in [0.1, 0.15) is 0 Å². The van der Waals surface area contributed by atoms with E-state index >= 15 is 0 Å². The number of ether oxygens (including phenoxy) is 2. The number of hydrogen-bond donors (Lipinski definition) is 1. The summed E-state index contributed by atoms with van der Waals surface area (Å²) >= 11 is 0.